The van der Waals surface area contributed by atoms with Gasteiger partial charge in [-0.2, -0.15) is 0 Å². The molecule has 0 saturated carbocycles. The second-order valence-electron chi connectivity index (χ2n) is 7.77. The summed E-state index contributed by atoms with van der Waals surface area (Å²) in [6, 6.07) is 13.5. The molecule has 1 amide bonds. The molecule has 1 heterocycles. The Kier molecular flexibility index (Phi) is 4.81. The summed E-state index contributed by atoms with van der Waals surface area (Å²) in [5, 5.41) is 2.98. The molecule has 0 saturated heterocycles. The van der Waals surface area contributed by atoms with Gasteiger partial charge in [-0.3, -0.25) is 4.79 Å². The molecule has 1 aliphatic heterocycles. The first-order valence-corrected chi connectivity index (χ1v) is 8.97. The average Bonchev–Trinajstić information content (AvgIpc) is 2.55. The molecule has 138 valence electrons. The molecule has 26 heavy (non-hydrogen) atoms. The van der Waals surface area contributed by atoms with E-state index in [0.29, 0.717) is 18.2 Å². The largest absolute Gasteiger partial charge is 0.484 e. The number of anilines is 3. The number of carbonyl (C=O) groups excluding carboxylic acids is 1. The molecule has 0 aromatic heterocycles. The average molecular weight is 353 g/mol. The molecule has 3 rings (SSSR count). The Morgan fingerprint density at radius 2 is 1.92 bits per heavy atom. The Morgan fingerprint density at radius 3 is 2.58 bits per heavy atom. The maximum Gasteiger partial charge on any atom is 0.243 e. The van der Waals surface area contributed by atoms with Crippen molar-refractivity contribution in [1.29, 1.82) is 0 Å². The van der Waals surface area contributed by atoms with Crippen LogP contribution in [0.15, 0.2) is 42.5 Å². The van der Waals surface area contributed by atoms with Crippen LogP contribution >= 0.6 is 0 Å². The lowest BCUT2D eigenvalue weighted by Gasteiger charge is -2.40. The minimum Gasteiger partial charge on any atom is -0.484 e. The Hall–Kier alpha value is -2.69. The molecule has 5 nitrogen and oxygen atoms in total. The molecule has 3 N–H and O–H groups in total. The van der Waals surface area contributed by atoms with Crippen LogP contribution in [0.5, 0.6) is 5.75 Å². The molecule has 5 heteroatoms. The van der Waals surface area contributed by atoms with E-state index in [0.717, 1.165) is 17.1 Å². The summed E-state index contributed by atoms with van der Waals surface area (Å²) < 4.78 is 6.01. The van der Waals surface area contributed by atoms with Gasteiger partial charge in [0.15, 0.2) is 0 Å². The summed E-state index contributed by atoms with van der Waals surface area (Å²) in [4.78, 5) is 14.6. The number of nitrogen functional groups attached to an aromatic ring is 1. The molecule has 0 bridgehead atoms. The zero-order chi connectivity index (χ0) is 18.9. The van der Waals surface area contributed by atoms with Gasteiger partial charge in [0.05, 0.1) is 18.8 Å². The van der Waals surface area contributed by atoms with Crippen LogP contribution in [0, 0.1) is 0 Å². The number of hydrogen-bond acceptors (Lipinski definition) is 4. The van der Waals surface area contributed by atoms with Gasteiger partial charge in [0.25, 0.3) is 0 Å². The molecule has 2 aromatic carbocycles. The Morgan fingerprint density at radius 1 is 1.23 bits per heavy atom. The number of nitrogens with zero attached hydrogens (tertiary/aromatic N) is 1. The SMILES string of the molecule is CC(C)c1ccc(NC(=O)CN2CC(C)(C)Oc3ccc(N)cc32)cc1. The topological polar surface area (TPSA) is 67.6 Å². The number of fused-ring (bicyclic) bond motifs is 1. The monoisotopic (exact) mass is 353 g/mol. The predicted octanol–water partition coefficient (Wildman–Crippen LogP) is 4.01. The van der Waals surface area contributed by atoms with E-state index in [1.54, 1.807) is 0 Å². The third kappa shape index (κ3) is 4.10. The first-order chi connectivity index (χ1) is 12.2. The van der Waals surface area contributed by atoms with Crippen LogP contribution in [0.2, 0.25) is 0 Å². The molecular formula is C21H27N3O2. The minimum atomic E-state index is -0.373. The summed E-state index contributed by atoms with van der Waals surface area (Å²) in [5.41, 5.74) is 9.12. The van der Waals surface area contributed by atoms with Crippen LogP contribution in [-0.4, -0.2) is 24.6 Å². The molecule has 0 atom stereocenters. The predicted molar refractivity (Wildman–Crippen MR) is 107 cm³/mol. The van der Waals surface area contributed by atoms with Gasteiger partial charge in [0.1, 0.15) is 11.4 Å². The second-order valence-corrected chi connectivity index (χ2v) is 7.77. The molecular weight excluding hydrogens is 326 g/mol. The fourth-order valence-corrected chi connectivity index (χ4v) is 3.21. The van der Waals surface area contributed by atoms with Gasteiger partial charge in [0, 0.05) is 11.4 Å². The minimum absolute atomic E-state index is 0.0617. The number of nitrogens with two attached hydrogens (primary N) is 1. The second kappa shape index (κ2) is 6.90. The van der Waals surface area contributed by atoms with E-state index in [4.69, 9.17) is 10.5 Å². The number of amides is 1. The lowest BCUT2D eigenvalue weighted by atomic mass is 10.0. The van der Waals surface area contributed by atoms with Crippen molar-refractivity contribution >= 4 is 23.0 Å². The zero-order valence-electron chi connectivity index (χ0n) is 15.9. The third-order valence-corrected chi connectivity index (χ3v) is 4.48. The lowest BCUT2D eigenvalue weighted by molar-refractivity contribution is -0.115. The molecule has 0 aliphatic carbocycles. The number of ether oxygens (including phenoxy) is 1. The van der Waals surface area contributed by atoms with Crippen LogP contribution in [0.25, 0.3) is 0 Å². The van der Waals surface area contributed by atoms with E-state index in [1.807, 2.05) is 61.2 Å². The van der Waals surface area contributed by atoms with E-state index in [9.17, 15) is 4.79 Å². The fraction of sp³-hybridized carbons (Fsp3) is 0.381. The van der Waals surface area contributed by atoms with Gasteiger partial charge in [0.2, 0.25) is 5.91 Å². The summed E-state index contributed by atoms with van der Waals surface area (Å²) in [5.74, 6) is 1.16. The standard InChI is InChI=1S/C21H27N3O2/c1-14(2)15-5-8-17(9-6-15)23-20(25)12-24-13-21(3,4)26-19-10-7-16(22)11-18(19)24/h5-11,14H,12-13,22H2,1-4H3,(H,23,25). The normalized spacial score (nSPS) is 15.3. The first-order valence-electron chi connectivity index (χ1n) is 8.97. The molecule has 0 radical (unpaired) electrons. The summed E-state index contributed by atoms with van der Waals surface area (Å²) in [7, 11) is 0. The highest BCUT2D eigenvalue weighted by atomic mass is 16.5. The quantitative estimate of drug-likeness (QED) is 0.815. The Bertz CT molecular complexity index is 797. The van der Waals surface area contributed by atoms with E-state index < -0.39 is 0 Å². The van der Waals surface area contributed by atoms with E-state index in [2.05, 4.69) is 19.2 Å². The highest BCUT2D eigenvalue weighted by molar-refractivity contribution is 5.94. The van der Waals surface area contributed by atoms with Gasteiger partial charge in [-0.1, -0.05) is 26.0 Å². The van der Waals surface area contributed by atoms with Crippen molar-refractivity contribution in [3.63, 3.8) is 0 Å². The van der Waals surface area contributed by atoms with Gasteiger partial charge in [-0.25, -0.2) is 0 Å². The van der Waals surface area contributed by atoms with Crippen LogP contribution in [-0.2, 0) is 4.79 Å². The van der Waals surface area contributed by atoms with E-state index >= 15 is 0 Å². The number of carbonyl (C=O) groups is 1. The van der Waals surface area contributed by atoms with Gasteiger partial charge >= 0.3 is 0 Å². The number of benzene rings is 2. The van der Waals surface area contributed by atoms with Crippen LogP contribution < -0.4 is 20.7 Å². The maximum atomic E-state index is 12.6. The van der Waals surface area contributed by atoms with E-state index in [-0.39, 0.29) is 18.1 Å². The van der Waals surface area contributed by atoms with Crippen molar-refractivity contribution in [2.45, 2.75) is 39.2 Å². The summed E-state index contributed by atoms with van der Waals surface area (Å²) in [6.45, 7) is 9.19. The number of hydrogen-bond donors (Lipinski definition) is 2. The Labute approximate surface area is 155 Å². The summed E-state index contributed by atoms with van der Waals surface area (Å²) >= 11 is 0. The first kappa shape index (κ1) is 18.1. The molecule has 0 spiro atoms. The number of rotatable bonds is 4. The van der Waals surface area contributed by atoms with Crippen LogP contribution in [0.1, 0.15) is 39.2 Å². The third-order valence-electron chi connectivity index (χ3n) is 4.48. The van der Waals surface area contributed by atoms with Crippen molar-refractivity contribution < 1.29 is 9.53 Å². The molecule has 2 aromatic rings. The van der Waals surface area contributed by atoms with Gasteiger partial charge in [-0.05, 0) is 55.7 Å². The van der Waals surface area contributed by atoms with Crippen molar-refractivity contribution in [2.24, 2.45) is 0 Å². The Balaban J connectivity index is 1.73. The molecule has 0 fully saturated rings. The molecule has 1 aliphatic rings. The highest BCUT2D eigenvalue weighted by Gasteiger charge is 2.32. The van der Waals surface area contributed by atoms with Crippen molar-refractivity contribution in [1.82, 2.24) is 0 Å². The van der Waals surface area contributed by atoms with Gasteiger partial charge < -0.3 is 20.7 Å². The highest BCUT2D eigenvalue weighted by Crippen LogP contribution is 2.38. The van der Waals surface area contributed by atoms with Crippen LogP contribution in [0.3, 0.4) is 0 Å². The smallest absolute Gasteiger partial charge is 0.243 e. The van der Waals surface area contributed by atoms with Crippen LogP contribution in [0.4, 0.5) is 17.1 Å². The molecule has 0 unspecified atom stereocenters. The van der Waals surface area contributed by atoms with Gasteiger partial charge in [-0.15, -0.1) is 0 Å². The van der Waals surface area contributed by atoms with E-state index in [1.165, 1.54) is 5.56 Å². The number of nitrogens with one attached hydrogen (secondary N) is 1. The van der Waals surface area contributed by atoms with Crippen molar-refractivity contribution in [2.75, 3.05) is 29.0 Å². The maximum absolute atomic E-state index is 12.6. The van der Waals surface area contributed by atoms with Crippen molar-refractivity contribution in [3.8, 4) is 5.75 Å². The summed E-state index contributed by atoms with van der Waals surface area (Å²) in [6.07, 6.45) is 0. The zero-order valence-corrected chi connectivity index (χ0v) is 15.9. The lowest BCUT2D eigenvalue weighted by Crippen LogP contribution is -2.49. The fourth-order valence-electron chi connectivity index (χ4n) is 3.21. The van der Waals surface area contributed by atoms with Crippen molar-refractivity contribution in [3.05, 3.63) is 48.0 Å².